The lowest BCUT2D eigenvalue weighted by Gasteiger charge is -2.04. The van der Waals surface area contributed by atoms with E-state index in [-0.39, 0.29) is 11.5 Å². The number of halogens is 2. The van der Waals surface area contributed by atoms with Crippen molar-refractivity contribution in [2.75, 3.05) is 0 Å². The van der Waals surface area contributed by atoms with Gasteiger partial charge in [0, 0.05) is 9.86 Å². The Balaban J connectivity index is 1.78. The number of aryl methyl sites for hydroxylation is 2. The predicted octanol–water partition coefficient (Wildman–Crippen LogP) is 5.04. The third-order valence-corrected chi connectivity index (χ3v) is 4.70. The van der Waals surface area contributed by atoms with Gasteiger partial charge in [-0.3, -0.25) is 4.79 Å². The minimum atomic E-state index is -0.442. The van der Waals surface area contributed by atoms with Crippen molar-refractivity contribution in [2.45, 2.75) is 13.8 Å². The van der Waals surface area contributed by atoms with Crippen molar-refractivity contribution in [2.24, 2.45) is 5.10 Å². The fourth-order valence-electron chi connectivity index (χ4n) is 2.47. The molecule has 1 aromatic heterocycles. The van der Waals surface area contributed by atoms with Crippen LogP contribution in [0.15, 0.2) is 48.8 Å². The molecule has 25 heavy (non-hydrogen) atoms. The number of fused-ring (bicyclic) bond motifs is 1. The van der Waals surface area contributed by atoms with Gasteiger partial charge in [-0.2, -0.15) is 5.10 Å². The number of nitrogens with zero attached hydrogens (tertiary/aromatic N) is 1. The summed E-state index contributed by atoms with van der Waals surface area (Å²) in [5, 5.41) is 14.5. The second-order valence-electron chi connectivity index (χ2n) is 5.62. The first-order chi connectivity index (χ1) is 11.8. The fourth-order valence-corrected chi connectivity index (χ4v) is 3.81. The molecule has 0 aliphatic rings. The second-order valence-corrected chi connectivity index (χ2v) is 7.39. The maximum absolute atomic E-state index is 12.2. The Morgan fingerprint density at radius 3 is 2.52 bits per heavy atom. The fraction of sp³-hybridized carbons (Fsp3) is 0.111. The zero-order valence-electron chi connectivity index (χ0n) is 13.4. The van der Waals surface area contributed by atoms with E-state index >= 15 is 0 Å². The van der Waals surface area contributed by atoms with Crippen molar-refractivity contribution >= 4 is 55.0 Å². The average Bonchev–Trinajstić information content (AvgIpc) is 2.96. The number of furan rings is 1. The molecule has 0 unspecified atom stereocenters. The topological polar surface area (TPSA) is 74.8 Å². The molecule has 0 fully saturated rings. The largest absolute Gasteiger partial charge is 0.507 e. The molecule has 0 saturated carbocycles. The highest BCUT2D eigenvalue weighted by Crippen LogP contribution is 2.31. The zero-order chi connectivity index (χ0) is 18.1. The van der Waals surface area contributed by atoms with Crippen LogP contribution in [0.2, 0.25) is 0 Å². The Hall–Kier alpha value is -2.12. The first-order valence-electron chi connectivity index (χ1n) is 7.37. The summed E-state index contributed by atoms with van der Waals surface area (Å²) in [4.78, 5) is 12.2. The molecule has 0 aliphatic heterocycles. The molecule has 2 N–H and O–H groups in total. The van der Waals surface area contributed by atoms with E-state index in [0.717, 1.165) is 31.0 Å². The molecular formula is C18H14Br2N2O3. The van der Waals surface area contributed by atoms with Crippen LogP contribution in [0.4, 0.5) is 0 Å². The number of nitrogens with one attached hydrogen (secondary N) is 1. The number of phenolic OH excluding ortho intramolecular Hbond substituents is 1. The van der Waals surface area contributed by atoms with Gasteiger partial charge in [0.1, 0.15) is 11.3 Å². The average molecular weight is 466 g/mol. The first kappa shape index (κ1) is 17.7. The van der Waals surface area contributed by atoms with Crippen molar-refractivity contribution in [3.05, 3.63) is 61.7 Å². The molecule has 3 aromatic rings. The van der Waals surface area contributed by atoms with Gasteiger partial charge in [0.2, 0.25) is 0 Å². The Morgan fingerprint density at radius 1 is 1.16 bits per heavy atom. The molecular weight excluding hydrogens is 452 g/mol. The van der Waals surface area contributed by atoms with E-state index in [4.69, 9.17) is 4.42 Å². The molecule has 0 atom stereocenters. The summed E-state index contributed by atoms with van der Waals surface area (Å²) in [6, 6.07) is 8.94. The third kappa shape index (κ3) is 3.77. The summed E-state index contributed by atoms with van der Waals surface area (Å²) in [7, 11) is 0. The lowest BCUT2D eigenvalue weighted by molar-refractivity contribution is 0.0929. The Labute approximate surface area is 161 Å². The normalized spacial score (nSPS) is 11.4. The van der Waals surface area contributed by atoms with Crippen LogP contribution >= 0.6 is 31.9 Å². The summed E-state index contributed by atoms with van der Waals surface area (Å²) in [6.07, 6.45) is 1.52. The summed E-state index contributed by atoms with van der Waals surface area (Å²) in [5.41, 5.74) is 5.33. The molecule has 0 radical (unpaired) electrons. The number of carbonyl (C=O) groups excluding carboxylic acids is 1. The molecule has 2 aromatic carbocycles. The van der Waals surface area contributed by atoms with Gasteiger partial charge in [0.05, 0.1) is 10.7 Å². The van der Waals surface area contributed by atoms with E-state index in [0.29, 0.717) is 5.58 Å². The number of carbonyl (C=O) groups is 1. The van der Waals surface area contributed by atoms with Crippen molar-refractivity contribution in [3.8, 4) is 5.75 Å². The highest BCUT2D eigenvalue weighted by Gasteiger charge is 2.14. The van der Waals surface area contributed by atoms with Crippen LogP contribution in [0.5, 0.6) is 5.75 Å². The van der Waals surface area contributed by atoms with Crippen LogP contribution in [0.1, 0.15) is 27.2 Å². The van der Waals surface area contributed by atoms with Crippen LogP contribution in [-0.2, 0) is 0 Å². The lowest BCUT2D eigenvalue weighted by Crippen LogP contribution is -2.16. The number of aromatic hydroxyl groups is 1. The smallest absolute Gasteiger partial charge is 0.307 e. The standard InChI is InChI=1S/C18H14Br2N2O3/c1-9-3-11(4-10(2)16(9)23)8-21-22-18(24)15-6-12-5-13(19)7-14(20)17(12)25-15/h3-8,23H,1-2H3,(H,22,24). The molecule has 0 saturated heterocycles. The number of phenols is 1. The Bertz CT molecular complexity index is 986. The van der Waals surface area contributed by atoms with Crippen LogP contribution < -0.4 is 5.43 Å². The van der Waals surface area contributed by atoms with Crippen molar-refractivity contribution < 1.29 is 14.3 Å². The maximum atomic E-state index is 12.2. The molecule has 128 valence electrons. The van der Waals surface area contributed by atoms with Crippen LogP contribution in [0.3, 0.4) is 0 Å². The molecule has 0 bridgehead atoms. The van der Waals surface area contributed by atoms with Gasteiger partial charge in [-0.1, -0.05) is 15.9 Å². The summed E-state index contributed by atoms with van der Waals surface area (Å²) in [6.45, 7) is 3.62. The zero-order valence-corrected chi connectivity index (χ0v) is 16.6. The van der Waals surface area contributed by atoms with Crippen molar-refractivity contribution in [1.82, 2.24) is 5.43 Å². The van der Waals surface area contributed by atoms with Gasteiger partial charge in [0.25, 0.3) is 0 Å². The maximum Gasteiger partial charge on any atom is 0.307 e. The minimum Gasteiger partial charge on any atom is -0.507 e. The second kappa shape index (κ2) is 7.01. The van der Waals surface area contributed by atoms with E-state index in [1.807, 2.05) is 26.0 Å². The van der Waals surface area contributed by atoms with Crippen LogP contribution in [0, 0.1) is 13.8 Å². The van der Waals surface area contributed by atoms with E-state index in [1.54, 1.807) is 18.2 Å². The highest BCUT2D eigenvalue weighted by atomic mass is 79.9. The molecule has 1 heterocycles. The molecule has 5 nitrogen and oxygen atoms in total. The third-order valence-electron chi connectivity index (χ3n) is 3.65. The Kier molecular flexibility index (Phi) is 4.96. The monoisotopic (exact) mass is 464 g/mol. The van der Waals surface area contributed by atoms with E-state index in [9.17, 15) is 9.90 Å². The molecule has 1 amide bonds. The van der Waals surface area contributed by atoms with Gasteiger partial charge in [0.15, 0.2) is 5.76 Å². The van der Waals surface area contributed by atoms with Crippen LogP contribution in [0.25, 0.3) is 11.0 Å². The van der Waals surface area contributed by atoms with Crippen molar-refractivity contribution in [1.29, 1.82) is 0 Å². The number of benzene rings is 2. The molecule has 0 spiro atoms. The van der Waals surface area contributed by atoms with Gasteiger partial charge in [-0.25, -0.2) is 5.43 Å². The van der Waals surface area contributed by atoms with Crippen molar-refractivity contribution in [3.63, 3.8) is 0 Å². The summed E-state index contributed by atoms with van der Waals surface area (Å²) < 4.78 is 7.23. The first-order valence-corrected chi connectivity index (χ1v) is 8.96. The number of hydrogen-bond donors (Lipinski definition) is 2. The lowest BCUT2D eigenvalue weighted by atomic mass is 10.1. The van der Waals surface area contributed by atoms with E-state index in [2.05, 4.69) is 42.4 Å². The van der Waals surface area contributed by atoms with Gasteiger partial charge >= 0.3 is 5.91 Å². The quantitative estimate of drug-likeness (QED) is 0.420. The van der Waals surface area contributed by atoms with E-state index in [1.165, 1.54) is 6.21 Å². The Morgan fingerprint density at radius 2 is 1.84 bits per heavy atom. The highest BCUT2D eigenvalue weighted by molar-refractivity contribution is 9.11. The number of rotatable bonds is 3. The van der Waals surface area contributed by atoms with Gasteiger partial charge in [-0.15, -0.1) is 0 Å². The van der Waals surface area contributed by atoms with Gasteiger partial charge < -0.3 is 9.52 Å². The SMILES string of the molecule is Cc1cc(C=NNC(=O)c2cc3cc(Br)cc(Br)c3o2)cc(C)c1O. The number of hydrogen-bond acceptors (Lipinski definition) is 4. The molecule has 3 rings (SSSR count). The predicted molar refractivity (Wildman–Crippen MR) is 104 cm³/mol. The summed E-state index contributed by atoms with van der Waals surface area (Å²) in [5.74, 6) is -0.00749. The minimum absolute atomic E-state index is 0.170. The molecule has 0 aliphatic carbocycles. The molecule has 7 heteroatoms. The number of hydrazone groups is 1. The van der Waals surface area contributed by atoms with E-state index < -0.39 is 5.91 Å². The summed E-state index contributed by atoms with van der Waals surface area (Å²) >= 11 is 6.81. The number of amides is 1. The van der Waals surface area contributed by atoms with Gasteiger partial charge in [-0.05, 0) is 76.8 Å². The van der Waals surface area contributed by atoms with Crippen LogP contribution in [-0.4, -0.2) is 17.2 Å².